The summed E-state index contributed by atoms with van der Waals surface area (Å²) in [7, 11) is 0. The molecule has 4 heteroatoms. The number of carbonyl (C=O) groups excluding carboxylic acids is 1. The van der Waals surface area contributed by atoms with Crippen molar-refractivity contribution in [2.45, 2.75) is 38.3 Å². The molecule has 2 aliphatic carbocycles. The number of amides is 1. The minimum absolute atomic E-state index is 0.0767. The summed E-state index contributed by atoms with van der Waals surface area (Å²) in [6, 6.07) is 6.41. The molecule has 2 N–H and O–H groups in total. The highest BCUT2D eigenvalue weighted by Crippen LogP contribution is 2.48. The fourth-order valence-electron chi connectivity index (χ4n) is 4.64. The molecule has 4 atom stereocenters. The second-order valence-electron chi connectivity index (χ2n) is 6.82. The smallest absolute Gasteiger partial charge is 0.227 e. The highest BCUT2D eigenvalue weighted by molar-refractivity contribution is 9.10. The maximum atomic E-state index is 13.0. The summed E-state index contributed by atoms with van der Waals surface area (Å²) in [5, 5.41) is 0. The van der Waals surface area contributed by atoms with Crippen LogP contribution in [-0.2, 0) is 17.8 Å². The fraction of sp³-hybridized carbons (Fsp3) is 0.588. The maximum Gasteiger partial charge on any atom is 0.227 e. The number of rotatable bonds is 1. The molecule has 0 aromatic heterocycles. The molecule has 1 amide bonds. The number of carbonyl (C=O) groups is 1. The van der Waals surface area contributed by atoms with Crippen molar-refractivity contribution in [1.82, 2.24) is 4.90 Å². The zero-order valence-electron chi connectivity index (χ0n) is 12.1. The Kier molecular flexibility index (Phi) is 3.34. The Labute approximate surface area is 134 Å². The summed E-state index contributed by atoms with van der Waals surface area (Å²) >= 11 is 3.62. The van der Waals surface area contributed by atoms with Crippen LogP contribution in [0.1, 0.15) is 30.4 Å². The molecule has 1 aliphatic heterocycles. The highest BCUT2D eigenvalue weighted by Gasteiger charge is 2.50. The second kappa shape index (κ2) is 5.10. The van der Waals surface area contributed by atoms with Gasteiger partial charge in [0.1, 0.15) is 0 Å². The van der Waals surface area contributed by atoms with Gasteiger partial charge in [0.05, 0.1) is 5.92 Å². The molecule has 1 aromatic rings. The molecule has 1 heterocycles. The van der Waals surface area contributed by atoms with E-state index in [9.17, 15) is 4.79 Å². The molecule has 112 valence electrons. The highest BCUT2D eigenvalue weighted by atomic mass is 79.9. The van der Waals surface area contributed by atoms with Crippen LogP contribution in [-0.4, -0.2) is 23.4 Å². The van der Waals surface area contributed by atoms with Crippen molar-refractivity contribution >= 4 is 21.8 Å². The van der Waals surface area contributed by atoms with E-state index in [4.69, 9.17) is 5.73 Å². The van der Waals surface area contributed by atoms with Crippen molar-refractivity contribution in [3.8, 4) is 0 Å². The largest absolute Gasteiger partial charge is 0.338 e. The van der Waals surface area contributed by atoms with Gasteiger partial charge in [-0.25, -0.2) is 0 Å². The zero-order valence-corrected chi connectivity index (χ0v) is 13.7. The minimum atomic E-state index is 0.0767. The Hall–Kier alpha value is -0.870. The van der Waals surface area contributed by atoms with E-state index >= 15 is 0 Å². The first kappa shape index (κ1) is 13.8. The van der Waals surface area contributed by atoms with Crippen molar-refractivity contribution in [2.75, 3.05) is 6.54 Å². The normalized spacial score (nSPS) is 34.1. The summed E-state index contributed by atoms with van der Waals surface area (Å²) < 4.78 is 1.12. The quantitative estimate of drug-likeness (QED) is 0.847. The van der Waals surface area contributed by atoms with E-state index in [0.717, 1.165) is 24.0 Å². The summed E-state index contributed by atoms with van der Waals surface area (Å²) in [6.07, 6.45) is 4.55. The third kappa shape index (κ3) is 2.15. The van der Waals surface area contributed by atoms with Gasteiger partial charge in [0.2, 0.25) is 5.91 Å². The molecular formula is C17H21BrN2O. The van der Waals surface area contributed by atoms with Gasteiger partial charge in [0.15, 0.2) is 0 Å². The third-order valence-electron chi connectivity index (χ3n) is 5.79. The molecule has 4 unspecified atom stereocenters. The van der Waals surface area contributed by atoms with Gasteiger partial charge in [-0.05, 0) is 54.7 Å². The Morgan fingerprint density at radius 2 is 2.10 bits per heavy atom. The van der Waals surface area contributed by atoms with Crippen LogP contribution < -0.4 is 5.73 Å². The van der Waals surface area contributed by atoms with Gasteiger partial charge in [-0.3, -0.25) is 4.79 Å². The molecule has 3 nitrogen and oxygen atoms in total. The zero-order chi connectivity index (χ0) is 14.6. The van der Waals surface area contributed by atoms with Gasteiger partial charge in [0, 0.05) is 23.6 Å². The van der Waals surface area contributed by atoms with E-state index in [0.29, 0.717) is 17.7 Å². The number of nitrogens with two attached hydrogens (primary N) is 1. The van der Waals surface area contributed by atoms with Crippen molar-refractivity contribution in [1.29, 1.82) is 0 Å². The van der Waals surface area contributed by atoms with Crippen LogP contribution in [0.3, 0.4) is 0 Å². The lowest BCUT2D eigenvalue weighted by Gasteiger charge is -2.35. The van der Waals surface area contributed by atoms with Gasteiger partial charge < -0.3 is 10.6 Å². The second-order valence-corrected chi connectivity index (χ2v) is 7.68. The van der Waals surface area contributed by atoms with Crippen LogP contribution in [0, 0.1) is 17.8 Å². The van der Waals surface area contributed by atoms with Crippen molar-refractivity contribution in [3.63, 3.8) is 0 Å². The summed E-state index contributed by atoms with van der Waals surface area (Å²) in [5.41, 5.74) is 8.98. The molecule has 21 heavy (non-hydrogen) atoms. The van der Waals surface area contributed by atoms with E-state index in [1.54, 1.807) is 0 Å². The van der Waals surface area contributed by atoms with E-state index in [1.165, 1.54) is 30.4 Å². The van der Waals surface area contributed by atoms with Crippen molar-refractivity contribution < 1.29 is 4.79 Å². The van der Waals surface area contributed by atoms with Gasteiger partial charge >= 0.3 is 0 Å². The third-order valence-corrected chi connectivity index (χ3v) is 6.54. The van der Waals surface area contributed by atoms with E-state index in [2.05, 4.69) is 34.1 Å². The SMILES string of the molecule is NC1C2CCC(C2)C1C(=O)N1CCc2cccc(Br)c2C1. The number of nitrogens with zero attached hydrogens (tertiary/aromatic N) is 1. The number of halogens is 1. The molecule has 0 saturated heterocycles. The number of benzene rings is 1. The number of hydrogen-bond donors (Lipinski definition) is 1. The Balaban J connectivity index is 1.56. The van der Waals surface area contributed by atoms with Crippen LogP contribution in [0.2, 0.25) is 0 Å². The van der Waals surface area contributed by atoms with Gasteiger partial charge in [0.25, 0.3) is 0 Å². The number of hydrogen-bond acceptors (Lipinski definition) is 2. The van der Waals surface area contributed by atoms with Gasteiger partial charge in [-0.15, -0.1) is 0 Å². The van der Waals surface area contributed by atoms with Crippen molar-refractivity contribution in [3.05, 3.63) is 33.8 Å². The first-order valence-corrected chi connectivity index (χ1v) is 8.75. The van der Waals surface area contributed by atoms with Crippen LogP contribution in [0.15, 0.2) is 22.7 Å². The minimum Gasteiger partial charge on any atom is -0.338 e. The summed E-state index contributed by atoms with van der Waals surface area (Å²) in [6.45, 7) is 1.57. The molecule has 2 fully saturated rings. The van der Waals surface area contributed by atoms with Crippen molar-refractivity contribution in [2.24, 2.45) is 23.5 Å². The predicted octanol–water partition coefficient (Wildman–Crippen LogP) is 2.71. The van der Waals surface area contributed by atoms with Gasteiger partial charge in [-0.1, -0.05) is 28.1 Å². The van der Waals surface area contributed by atoms with Crippen LogP contribution >= 0.6 is 15.9 Å². The van der Waals surface area contributed by atoms with Crippen LogP contribution in [0.5, 0.6) is 0 Å². The van der Waals surface area contributed by atoms with E-state index in [-0.39, 0.29) is 12.0 Å². The molecule has 2 saturated carbocycles. The lowest BCUT2D eigenvalue weighted by Crippen LogP contribution is -2.48. The summed E-state index contributed by atoms with van der Waals surface area (Å²) in [5.74, 6) is 1.51. The topological polar surface area (TPSA) is 46.3 Å². The predicted molar refractivity (Wildman–Crippen MR) is 85.6 cm³/mol. The monoisotopic (exact) mass is 348 g/mol. The van der Waals surface area contributed by atoms with E-state index < -0.39 is 0 Å². The molecular weight excluding hydrogens is 328 g/mol. The van der Waals surface area contributed by atoms with Gasteiger partial charge in [-0.2, -0.15) is 0 Å². The average molecular weight is 349 g/mol. The molecule has 2 bridgehead atoms. The summed E-state index contributed by atoms with van der Waals surface area (Å²) in [4.78, 5) is 15.0. The molecule has 0 spiro atoms. The first-order chi connectivity index (χ1) is 10.1. The van der Waals surface area contributed by atoms with Crippen LogP contribution in [0.25, 0.3) is 0 Å². The standard InChI is InChI=1S/C17H21BrN2O/c18-14-3-1-2-10-6-7-20(9-13(10)14)17(21)15-11-4-5-12(8-11)16(15)19/h1-3,11-12,15-16H,4-9,19H2. The average Bonchev–Trinajstić information content (AvgIpc) is 3.08. The fourth-order valence-corrected chi connectivity index (χ4v) is 5.17. The lowest BCUT2D eigenvalue weighted by atomic mass is 9.83. The molecule has 3 aliphatic rings. The first-order valence-electron chi connectivity index (χ1n) is 7.96. The Morgan fingerprint density at radius 1 is 1.29 bits per heavy atom. The molecule has 1 aromatic carbocycles. The Bertz CT molecular complexity index is 586. The van der Waals surface area contributed by atoms with Crippen LogP contribution in [0.4, 0.5) is 0 Å². The Morgan fingerprint density at radius 3 is 2.86 bits per heavy atom. The molecule has 4 rings (SSSR count). The lowest BCUT2D eigenvalue weighted by molar-refractivity contribution is -0.138. The number of fused-ring (bicyclic) bond motifs is 3. The molecule has 0 radical (unpaired) electrons. The van der Waals surface area contributed by atoms with E-state index in [1.807, 2.05) is 4.90 Å². The maximum absolute atomic E-state index is 13.0.